The van der Waals surface area contributed by atoms with Crippen LogP contribution < -0.4 is 10.1 Å². The summed E-state index contributed by atoms with van der Waals surface area (Å²) in [7, 11) is 0. The van der Waals surface area contributed by atoms with Crippen LogP contribution in [-0.4, -0.2) is 13.2 Å². The molecule has 0 aliphatic heterocycles. The van der Waals surface area contributed by atoms with Gasteiger partial charge in [-0.2, -0.15) is 0 Å². The molecule has 0 spiro atoms. The van der Waals surface area contributed by atoms with E-state index in [1.165, 1.54) is 5.56 Å². The highest BCUT2D eigenvalue weighted by Gasteiger charge is 2.00. The van der Waals surface area contributed by atoms with Gasteiger partial charge in [-0.15, -0.1) is 6.58 Å². The Labute approximate surface area is 85.6 Å². The van der Waals surface area contributed by atoms with Crippen molar-refractivity contribution in [3.8, 4) is 5.75 Å². The number of ether oxygens (including phenoxy) is 1. The fourth-order valence-corrected chi connectivity index (χ4v) is 1.26. The molecule has 0 atom stereocenters. The summed E-state index contributed by atoms with van der Waals surface area (Å²) in [6.45, 7) is 8.00. The van der Waals surface area contributed by atoms with E-state index >= 15 is 0 Å². The summed E-state index contributed by atoms with van der Waals surface area (Å²) >= 11 is 0. The number of benzene rings is 1. The maximum Gasteiger partial charge on any atom is 0.123 e. The molecule has 0 fully saturated rings. The van der Waals surface area contributed by atoms with Gasteiger partial charge in [-0.3, -0.25) is 0 Å². The van der Waals surface area contributed by atoms with Gasteiger partial charge in [-0.05, 0) is 13.0 Å². The van der Waals surface area contributed by atoms with E-state index in [-0.39, 0.29) is 0 Å². The van der Waals surface area contributed by atoms with Gasteiger partial charge in [-0.25, -0.2) is 0 Å². The number of hydrogen-bond acceptors (Lipinski definition) is 2. The molecule has 14 heavy (non-hydrogen) atoms. The number of hydrogen-bond donors (Lipinski definition) is 1. The lowest BCUT2D eigenvalue weighted by molar-refractivity contribution is 0.335. The Morgan fingerprint density at radius 1 is 1.43 bits per heavy atom. The summed E-state index contributed by atoms with van der Waals surface area (Å²) < 4.78 is 5.50. The van der Waals surface area contributed by atoms with Crippen molar-refractivity contribution in [1.29, 1.82) is 0 Å². The van der Waals surface area contributed by atoms with Crippen LogP contribution in [0.1, 0.15) is 12.5 Å². The summed E-state index contributed by atoms with van der Waals surface area (Å²) in [6.07, 6.45) is 1.85. The quantitative estimate of drug-likeness (QED) is 0.550. The van der Waals surface area contributed by atoms with E-state index in [0.29, 0.717) is 6.61 Å². The molecule has 0 aliphatic carbocycles. The minimum absolute atomic E-state index is 0.707. The van der Waals surface area contributed by atoms with Gasteiger partial charge in [0.15, 0.2) is 0 Å². The van der Waals surface area contributed by atoms with Crippen LogP contribution in [0.25, 0.3) is 0 Å². The van der Waals surface area contributed by atoms with Crippen LogP contribution in [0.4, 0.5) is 0 Å². The number of rotatable bonds is 6. The maximum absolute atomic E-state index is 5.50. The lowest BCUT2D eigenvalue weighted by atomic mass is 10.2. The van der Waals surface area contributed by atoms with Gasteiger partial charge in [0.25, 0.3) is 0 Å². The monoisotopic (exact) mass is 191 g/mol. The molecular weight excluding hydrogens is 174 g/mol. The molecule has 0 amide bonds. The third-order valence-electron chi connectivity index (χ3n) is 1.88. The van der Waals surface area contributed by atoms with Gasteiger partial charge in [0, 0.05) is 18.7 Å². The van der Waals surface area contributed by atoms with Crippen molar-refractivity contribution in [2.24, 2.45) is 0 Å². The predicted octanol–water partition coefficient (Wildman–Crippen LogP) is 2.36. The predicted molar refractivity (Wildman–Crippen MR) is 59.5 cm³/mol. The van der Waals surface area contributed by atoms with Crippen molar-refractivity contribution in [2.75, 3.05) is 13.2 Å². The van der Waals surface area contributed by atoms with Crippen molar-refractivity contribution < 1.29 is 4.74 Å². The van der Waals surface area contributed by atoms with E-state index in [4.69, 9.17) is 4.74 Å². The third kappa shape index (κ3) is 3.23. The Morgan fingerprint density at radius 3 is 2.93 bits per heavy atom. The fraction of sp³-hybridized carbons (Fsp3) is 0.333. The molecule has 1 aromatic carbocycles. The van der Waals surface area contributed by atoms with Gasteiger partial charge in [0.2, 0.25) is 0 Å². The summed E-state index contributed by atoms with van der Waals surface area (Å²) in [5, 5.41) is 3.25. The van der Waals surface area contributed by atoms with Crippen molar-refractivity contribution in [1.82, 2.24) is 5.32 Å². The highest BCUT2D eigenvalue weighted by Crippen LogP contribution is 2.17. The standard InChI is InChI=1S/C12H17NO/c1-3-9-13-10-11-7-5-6-8-12(11)14-4-2/h3,5-8,13H,1,4,9-10H2,2H3. The average Bonchev–Trinajstić information content (AvgIpc) is 2.21. The molecule has 0 radical (unpaired) electrons. The molecule has 0 saturated carbocycles. The zero-order chi connectivity index (χ0) is 10.2. The van der Waals surface area contributed by atoms with Gasteiger partial charge in [0.05, 0.1) is 6.61 Å². The molecule has 76 valence electrons. The summed E-state index contributed by atoms with van der Waals surface area (Å²) in [4.78, 5) is 0. The maximum atomic E-state index is 5.50. The smallest absolute Gasteiger partial charge is 0.123 e. The van der Waals surface area contributed by atoms with Gasteiger partial charge >= 0.3 is 0 Å². The lowest BCUT2D eigenvalue weighted by Crippen LogP contribution is -2.13. The van der Waals surface area contributed by atoms with Crippen LogP contribution in [-0.2, 0) is 6.54 Å². The van der Waals surface area contributed by atoms with E-state index < -0.39 is 0 Å². The Kier molecular flexibility index (Phi) is 4.79. The third-order valence-corrected chi connectivity index (χ3v) is 1.88. The molecular formula is C12H17NO. The Hall–Kier alpha value is -1.28. The summed E-state index contributed by atoms with van der Waals surface area (Å²) in [5.74, 6) is 0.964. The van der Waals surface area contributed by atoms with Crippen LogP contribution in [0.15, 0.2) is 36.9 Å². The highest BCUT2D eigenvalue weighted by atomic mass is 16.5. The van der Waals surface area contributed by atoms with Crippen LogP contribution >= 0.6 is 0 Å². The SMILES string of the molecule is C=CCNCc1ccccc1OCC. The van der Waals surface area contributed by atoms with Crippen molar-refractivity contribution in [3.05, 3.63) is 42.5 Å². The number of para-hydroxylation sites is 1. The molecule has 2 heteroatoms. The lowest BCUT2D eigenvalue weighted by Gasteiger charge is -2.09. The van der Waals surface area contributed by atoms with E-state index in [2.05, 4.69) is 18.0 Å². The van der Waals surface area contributed by atoms with Gasteiger partial charge in [-0.1, -0.05) is 24.3 Å². The molecule has 1 N–H and O–H groups in total. The molecule has 0 aliphatic rings. The Balaban J connectivity index is 2.59. The molecule has 0 unspecified atom stereocenters. The fourth-order valence-electron chi connectivity index (χ4n) is 1.26. The first kappa shape index (κ1) is 10.8. The van der Waals surface area contributed by atoms with E-state index in [1.54, 1.807) is 0 Å². The van der Waals surface area contributed by atoms with Crippen molar-refractivity contribution in [3.63, 3.8) is 0 Å². The van der Waals surface area contributed by atoms with Crippen LogP contribution in [0.5, 0.6) is 5.75 Å². The van der Waals surface area contributed by atoms with E-state index in [0.717, 1.165) is 18.8 Å². The first-order valence-electron chi connectivity index (χ1n) is 4.90. The topological polar surface area (TPSA) is 21.3 Å². The normalized spacial score (nSPS) is 9.79. The highest BCUT2D eigenvalue weighted by molar-refractivity contribution is 5.33. The summed E-state index contributed by atoms with van der Waals surface area (Å²) in [5.41, 5.74) is 1.19. The van der Waals surface area contributed by atoms with Gasteiger partial charge in [0.1, 0.15) is 5.75 Å². The first-order valence-corrected chi connectivity index (χ1v) is 4.90. The van der Waals surface area contributed by atoms with Crippen molar-refractivity contribution in [2.45, 2.75) is 13.5 Å². The largest absolute Gasteiger partial charge is 0.494 e. The molecule has 1 rings (SSSR count). The molecule has 0 heterocycles. The minimum atomic E-state index is 0.707. The molecule has 2 nitrogen and oxygen atoms in total. The number of nitrogens with one attached hydrogen (secondary N) is 1. The van der Waals surface area contributed by atoms with E-state index in [1.807, 2.05) is 31.2 Å². The van der Waals surface area contributed by atoms with E-state index in [9.17, 15) is 0 Å². The van der Waals surface area contributed by atoms with Crippen molar-refractivity contribution >= 4 is 0 Å². The van der Waals surface area contributed by atoms with Crippen LogP contribution in [0, 0.1) is 0 Å². The second-order valence-corrected chi connectivity index (χ2v) is 2.96. The Morgan fingerprint density at radius 2 is 2.21 bits per heavy atom. The van der Waals surface area contributed by atoms with Crippen LogP contribution in [0.2, 0.25) is 0 Å². The molecule has 0 saturated heterocycles. The Bertz CT molecular complexity index is 283. The minimum Gasteiger partial charge on any atom is -0.494 e. The second-order valence-electron chi connectivity index (χ2n) is 2.96. The van der Waals surface area contributed by atoms with Gasteiger partial charge < -0.3 is 10.1 Å². The summed E-state index contributed by atoms with van der Waals surface area (Å²) in [6, 6.07) is 8.07. The zero-order valence-corrected chi connectivity index (χ0v) is 8.62. The molecule has 0 bridgehead atoms. The molecule has 1 aromatic rings. The zero-order valence-electron chi connectivity index (χ0n) is 8.62. The van der Waals surface area contributed by atoms with Crippen LogP contribution in [0.3, 0.4) is 0 Å². The second kappa shape index (κ2) is 6.22. The average molecular weight is 191 g/mol. The molecule has 0 aromatic heterocycles. The first-order chi connectivity index (χ1) is 6.88.